The molecule has 1 aliphatic rings. The van der Waals surface area contributed by atoms with Crippen LogP contribution in [-0.2, 0) is 4.79 Å². The molecule has 128 valence electrons. The minimum absolute atomic E-state index is 0.189. The van der Waals surface area contributed by atoms with Crippen LogP contribution in [0.1, 0.15) is 5.56 Å². The molecular formula is C18H15BrN2O3S. The summed E-state index contributed by atoms with van der Waals surface area (Å²) in [6, 6.07) is 13.0. The second kappa shape index (κ2) is 7.76. The van der Waals surface area contributed by atoms with Crippen molar-refractivity contribution in [3.63, 3.8) is 0 Å². The molecule has 0 saturated carbocycles. The molecular weight excluding hydrogens is 404 g/mol. The van der Waals surface area contributed by atoms with Crippen LogP contribution in [0.5, 0.6) is 11.5 Å². The number of carbonyl (C=O) groups excluding carboxylic acids is 1. The van der Waals surface area contributed by atoms with Gasteiger partial charge in [0.2, 0.25) is 0 Å². The molecule has 1 amide bonds. The first-order valence-corrected chi connectivity index (χ1v) is 8.97. The summed E-state index contributed by atoms with van der Waals surface area (Å²) in [7, 11) is 3.19. The van der Waals surface area contributed by atoms with E-state index < -0.39 is 0 Å². The van der Waals surface area contributed by atoms with Crippen molar-refractivity contribution < 1.29 is 14.3 Å². The number of aliphatic imine (C=N–C) groups is 1. The maximum absolute atomic E-state index is 12.2. The molecule has 1 N–H and O–H groups in total. The Balaban J connectivity index is 1.87. The van der Waals surface area contributed by atoms with Crippen LogP contribution in [-0.4, -0.2) is 25.3 Å². The zero-order valence-electron chi connectivity index (χ0n) is 13.6. The second-order valence-corrected chi connectivity index (χ2v) is 7.01. The van der Waals surface area contributed by atoms with E-state index in [1.807, 2.05) is 36.4 Å². The van der Waals surface area contributed by atoms with Crippen LogP contribution in [0.25, 0.3) is 6.08 Å². The largest absolute Gasteiger partial charge is 0.497 e. The highest BCUT2D eigenvalue weighted by Crippen LogP contribution is 2.32. The summed E-state index contributed by atoms with van der Waals surface area (Å²) in [5.74, 6) is 1.17. The number of benzene rings is 2. The second-order valence-electron chi connectivity index (χ2n) is 5.07. The van der Waals surface area contributed by atoms with E-state index >= 15 is 0 Å². The number of hydrogen-bond acceptors (Lipinski definition) is 5. The average Bonchev–Trinajstić information content (AvgIpc) is 2.96. The van der Waals surface area contributed by atoms with E-state index in [1.54, 1.807) is 26.4 Å². The molecule has 2 aromatic rings. The van der Waals surface area contributed by atoms with Crippen LogP contribution in [0.4, 0.5) is 5.69 Å². The molecule has 3 rings (SSSR count). The molecule has 0 unspecified atom stereocenters. The van der Waals surface area contributed by atoms with Crippen molar-refractivity contribution in [2.45, 2.75) is 0 Å². The first kappa shape index (κ1) is 17.6. The van der Waals surface area contributed by atoms with Gasteiger partial charge in [0.15, 0.2) is 5.17 Å². The molecule has 1 heterocycles. The van der Waals surface area contributed by atoms with Crippen molar-refractivity contribution in [1.29, 1.82) is 0 Å². The van der Waals surface area contributed by atoms with Gasteiger partial charge in [0, 0.05) is 10.0 Å². The van der Waals surface area contributed by atoms with Gasteiger partial charge in [-0.15, -0.1) is 0 Å². The molecule has 5 nitrogen and oxygen atoms in total. The van der Waals surface area contributed by atoms with Gasteiger partial charge in [-0.05, 0) is 60.3 Å². The van der Waals surface area contributed by atoms with Crippen LogP contribution in [0, 0.1) is 0 Å². The first-order chi connectivity index (χ1) is 12.1. The fourth-order valence-electron chi connectivity index (χ4n) is 2.21. The molecule has 0 spiro atoms. The summed E-state index contributed by atoms with van der Waals surface area (Å²) >= 11 is 4.67. The van der Waals surface area contributed by atoms with Crippen molar-refractivity contribution in [3.8, 4) is 11.5 Å². The van der Waals surface area contributed by atoms with Crippen molar-refractivity contribution >= 4 is 50.5 Å². The van der Waals surface area contributed by atoms with Gasteiger partial charge in [-0.25, -0.2) is 4.99 Å². The molecule has 1 fully saturated rings. The number of methoxy groups -OCH3 is 2. The van der Waals surface area contributed by atoms with E-state index in [0.717, 1.165) is 15.7 Å². The number of carbonyl (C=O) groups is 1. The Morgan fingerprint density at radius 2 is 1.88 bits per heavy atom. The normalized spacial score (nSPS) is 17.0. The van der Waals surface area contributed by atoms with E-state index in [9.17, 15) is 4.79 Å². The molecule has 0 radical (unpaired) electrons. The quantitative estimate of drug-likeness (QED) is 0.749. The number of nitrogens with zero attached hydrogens (tertiary/aromatic N) is 1. The van der Waals surface area contributed by atoms with E-state index in [2.05, 4.69) is 26.2 Å². The van der Waals surface area contributed by atoms with Gasteiger partial charge in [0.05, 0.1) is 24.8 Å². The first-order valence-electron chi connectivity index (χ1n) is 7.36. The molecule has 0 aliphatic carbocycles. The zero-order valence-corrected chi connectivity index (χ0v) is 16.0. The number of amides is 1. The molecule has 0 aromatic heterocycles. The minimum Gasteiger partial charge on any atom is -0.497 e. The predicted octanol–water partition coefficient (Wildman–Crippen LogP) is 4.36. The molecule has 0 bridgehead atoms. The van der Waals surface area contributed by atoms with E-state index in [-0.39, 0.29) is 5.91 Å². The molecule has 2 aromatic carbocycles. The topological polar surface area (TPSA) is 59.9 Å². The predicted molar refractivity (Wildman–Crippen MR) is 104 cm³/mol. The van der Waals surface area contributed by atoms with Gasteiger partial charge in [-0.1, -0.05) is 15.9 Å². The summed E-state index contributed by atoms with van der Waals surface area (Å²) in [5, 5.41) is 3.32. The van der Waals surface area contributed by atoms with Gasteiger partial charge in [-0.2, -0.15) is 0 Å². The fraction of sp³-hybridized carbons (Fsp3) is 0.111. The number of ether oxygens (including phenoxy) is 2. The lowest BCUT2D eigenvalue weighted by Gasteiger charge is -2.07. The number of halogens is 1. The number of nitrogens with one attached hydrogen (secondary N) is 1. The number of amidine groups is 1. The van der Waals surface area contributed by atoms with Crippen molar-refractivity contribution in [2.24, 2.45) is 4.99 Å². The lowest BCUT2D eigenvalue weighted by molar-refractivity contribution is -0.115. The summed E-state index contributed by atoms with van der Waals surface area (Å²) in [6.45, 7) is 0. The third-order valence-electron chi connectivity index (χ3n) is 3.43. The highest BCUT2D eigenvalue weighted by atomic mass is 79.9. The maximum Gasteiger partial charge on any atom is 0.264 e. The fourth-order valence-corrected chi connectivity index (χ4v) is 3.30. The Hall–Kier alpha value is -2.25. The van der Waals surface area contributed by atoms with Gasteiger partial charge in [0.25, 0.3) is 5.91 Å². The molecule has 25 heavy (non-hydrogen) atoms. The highest BCUT2D eigenvalue weighted by molar-refractivity contribution is 9.10. The standard InChI is InChI=1S/C18H15BrN2O3S/c1-23-14-7-8-15(24-2)11(9-14)10-16-17(22)21-18(25-16)20-13-5-3-12(19)4-6-13/h3-10H,1-2H3,(H,20,21,22)/b16-10-. The van der Waals surface area contributed by atoms with Crippen molar-refractivity contribution in [1.82, 2.24) is 5.32 Å². The third kappa shape index (κ3) is 4.24. The number of rotatable bonds is 4. The highest BCUT2D eigenvalue weighted by Gasteiger charge is 2.24. The smallest absolute Gasteiger partial charge is 0.264 e. The van der Waals surface area contributed by atoms with Crippen LogP contribution in [0.3, 0.4) is 0 Å². The van der Waals surface area contributed by atoms with Crippen molar-refractivity contribution in [2.75, 3.05) is 14.2 Å². The number of thioether (sulfide) groups is 1. The molecule has 0 atom stereocenters. The van der Waals surface area contributed by atoms with Crippen molar-refractivity contribution in [3.05, 3.63) is 57.4 Å². The lowest BCUT2D eigenvalue weighted by Crippen LogP contribution is -2.19. The van der Waals surface area contributed by atoms with E-state index in [0.29, 0.717) is 21.6 Å². The van der Waals surface area contributed by atoms with E-state index in [4.69, 9.17) is 9.47 Å². The zero-order chi connectivity index (χ0) is 17.8. The lowest BCUT2D eigenvalue weighted by atomic mass is 10.1. The summed E-state index contributed by atoms with van der Waals surface area (Å²) in [5.41, 5.74) is 1.54. The van der Waals surface area contributed by atoms with Gasteiger partial charge in [-0.3, -0.25) is 4.79 Å². The van der Waals surface area contributed by atoms with Crippen LogP contribution in [0.15, 0.2) is 56.8 Å². The Kier molecular flexibility index (Phi) is 5.45. The Morgan fingerprint density at radius 3 is 2.56 bits per heavy atom. The maximum atomic E-state index is 12.2. The van der Waals surface area contributed by atoms with Crippen LogP contribution in [0.2, 0.25) is 0 Å². The SMILES string of the molecule is COc1ccc(OC)c(/C=C2\SC(=Nc3ccc(Br)cc3)NC2=O)c1. The summed E-state index contributed by atoms with van der Waals surface area (Å²) < 4.78 is 11.6. The van der Waals surface area contributed by atoms with E-state index in [1.165, 1.54) is 11.8 Å². The molecule has 1 aliphatic heterocycles. The molecule has 7 heteroatoms. The average molecular weight is 419 g/mol. The van der Waals surface area contributed by atoms with Gasteiger partial charge in [0.1, 0.15) is 11.5 Å². The Morgan fingerprint density at radius 1 is 1.12 bits per heavy atom. The monoisotopic (exact) mass is 418 g/mol. The molecule has 1 saturated heterocycles. The third-order valence-corrected chi connectivity index (χ3v) is 4.87. The van der Waals surface area contributed by atoms with Crippen LogP contribution >= 0.6 is 27.7 Å². The summed E-state index contributed by atoms with van der Waals surface area (Å²) in [4.78, 5) is 17.2. The summed E-state index contributed by atoms with van der Waals surface area (Å²) in [6.07, 6.45) is 1.77. The van der Waals surface area contributed by atoms with Crippen LogP contribution < -0.4 is 14.8 Å². The van der Waals surface area contributed by atoms with Gasteiger partial charge >= 0.3 is 0 Å². The Labute approximate surface area is 158 Å². The Bertz CT molecular complexity index is 863. The van der Waals surface area contributed by atoms with Gasteiger partial charge < -0.3 is 14.8 Å². The number of hydrogen-bond donors (Lipinski definition) is 1. The minimum atomic E-state index is -0.189.